The highest BCUT2D eigenvalue weighted by atomic mass is 16.2. The standard InChI is InChI=1S/C24H19N7O2/c1-14(30-23-20-7-3-6-19(22(26)32)21(20)28-13-29-23)15-4-2-5-17(10-15)31-24(33)16-8-9-18(11-25)27-12-16/h2-10,12-14H,1H3,(H2,26,32)(H,31,33)(H,28,29,30)/t14-/m1/s1. The van der Waals surface area contributed by atoms with Crippen LogP contribution in [-0.2, 0) is 0 Å². The third kappa shape index (κ3) is 4.60. The number of aromatic nitrogens is 3. The number of primary amides is 1. The number of nitrogens with two attached hydrogens (primary N) is 1. The van der Waals surface area contributed by atoms with Crippen LogP contribution < -0.4 is 16.4 Å². The minimum atomic E-state index is -0.556. The zero-order valence-corrected chi connectivity index (χ0v) is 17.6. The van der Waals surface area contributed by atoms with Gasteiger partial charge in [-0.15, -0.1) is 0 Å². The van der Waals surface area contributed by atoms with Crippen LogP contribution in [-0.4, -0.2) is 26.8 Å². The van der Waals surface area contributed by atoms with E-state index in [4.69, 9.17) is 11.0 Å². The Bertz CT molecular complexity index is 1390. The Labute approximate surface area is 189 Å². The molecule has 9 nitrogen and oxygen atoms in total. The summed E-state index contributed by atoms with van der Waals surface area (Å²) >= 11 is 0. The Morgan fingerprint density at radius 1 is 1.06 bits per heavy atom. The van der Waals surface area contributed by atoms with Crippen LogP contribution in [0, 0.1) is 11.3 Å². The molecule has 4 aromatic rings. The summed E-state index contributed by atoms with van der Waals surface area (Å²) in [6.45, 7) is 1.96. The van der Waals surface area contributed by atoms with Gasteiger partial charge in [0.05, 0.1) is 22.7 Å². The molecule has 2 aromatic heterocycles. The number of rotatable bonds is 6. The summed E-state index contributed by atoms with van der Waals surface area (Å²) in [7, 11) is 0. The number of nitrogens with zero attached hydrogens (tertiary/aromatic N) is 4. The van der Waals surface area contributed by atoms with E-state index in [1.807, 2.05) is 37.3 Å². The summed E-state index contributed by atoms with van der Waals surface area (Å²) in [6.07, 6.45) is 2.74. The molecule has 0 aliphatic rings. The molecule has 162 valence electrons. The van der Waals surface area contributed by atoms with Crippen LogP contribution in [0.25, 0.3) is 10.9 Å². The third-order valence-electron chi connectivity index (χ3n) is 5.07. The Morgan fingerprint density at radius 3 is 2.61 bits per heavy atom. The topological polar surface area (TPSA) is 147 Å². The van der Waals surface area contributed by atoms with Crippen molar-refractivity contribution >= 4 is 34.2 Å². The molecule has 0 aliphatic heterocycles. The lowest BCUT2D eigenvalue weighted by molar-refractivity contribution is 0.0998. The van der Waals surface area contributed by atoms with Crippen LogP contribution >= 0.6 is 0 Å². The number of anilines is 2. The second-order valence-corrected chi connectivity index (χ2v) is 7.28. The fourth-order valence-corrected chi connectivity index (χ4v) is 3.37. The molecule has 0 unspecified atom stereocenters. The van der Waals surface area contributed by atoms with Crippen LogP contribution in [0.2, 0.25) is 0 Å². The van der Waals surface area contributed by atoms with Gasteiger partial charge in [0.1, 0.15) is 23.9 Å². The van der Waals surface area contributed by atoms with Gasteiger partial charge in [-0.3, -0.25) is 9.59 Å². The van der Waals surface area contributed by atoms with Gasteiger partial charge < -0.3 is 16.4 Å². The molecule has 2 amide bonds. The first kappa shape index (κ1) is 21.4. The first-order chi connectivity index (χ1) is 16.0. The van der Waals surface area contributed by atoms with Crippen LogP contribution in [0.4, 0.5) is 11.5 Å². The van der Waals surface area contributed by atoms with Crippen LogP contribution in [0.5, 0.6) is 0 Å². The first-order valence-electron chi connectivity index (χ1n) is 10.0. The van der Waals surface area contributed by atoms with Crippen molar-refractivity contribution in [1.82, 2.24) is 15.0 Å². The summed E-state index contributed by atoms with van der Waals surface area (Å²) in [5.74, 6) is -0.321. The molecule has 4 N–H and O–H groups in total. The highest BCUT2D eigenvalue weighted by Gasteiger charge is 2.14. The van der Waals surface area contributed by atoms with Crippen molar-refractivity contribution in [1.29, 1.82) is 5.26 Å². The number of pyridine rings is 1. The summed E-state index contributed by atoms with van der Waals surface area (Å²) < 4.78 is 0. The maximum absolute atomic E-state index is 12.5. The molecule has 0 saturated carbocycles. The highest BCUT2D eigenvalue weighted by Crippen LogP contribution is 2.27. The van der Waals surface area contributed by atoms with Crippen molar-refractivity contribution in [3.8, 4) is 6.07 Å². The highest BCUT2D eigenvalue weighted by molar-refractivity contribution is 6.07. The molecule has 0 aliphatic carbocycles. The summed E-state index contributed by atoms with van der Waals surface area (Å²) in [6, 6.07) is 17.4. The number of hydrogen-bond acceptors (Lipinski definition) is 7. The van der Waals surface area contributed by atoms with E-state index in [1.54, 1.807) is 24.3 Å². The SMILES string of the molecule is C[C@@H](Nc1ncnc2c(C(N)=O)cccc12)c1cccc(NC(=O)c2ccc(C#N)nc2)c1. The van der Waals surface area contributed by atoms with Crippen LogP contribution in [0.1, 0.15) is 44.9 Å². The Balaban J connectivity index is 1.54. The van der Waals surface area contributed by atoms with Gasteiger partial charge in [0.15, 0.2) is 0 Å². The van der Waals surface area contributed by atoms with Crippen molar-refractivity contribution in [3.05, 3.63) is 89.5 Å². The molecule has 0 fully saturated rings. The maximum atomic E-state index is 12.5. The number of carbonyl (C=O) groups is 2. The Kier molecular flexibility index (Phi) is 5.91. The lowest BCUT2D eigenvalue weighted by atomic mass is 10.1. The predicted octanol–water partition coefficient (Wildman–Crippen LogP) is 3.42. The number of amides is 2. The molecule has 2 aromatic carbocycles. The smallest absolute Gasteiger partial charge is 0.257 e. The minimum Gasteiger partial charge on any atom is -0.366 e. The van der Waals surface area contributed by atoms with Gasteiger partial charge in [0, 0.05) is 17.3 Å². The van der Waals surface area contributed by atoms with Gasteiger partial charge in [-0.1, -0.05) is 18.2 Å². The molecule has 9 heteroatoms. The van der Waals surface area contributed by atoms with Crippen molar-refractivity contribution in [2.45, 2.75) is 13.0 Å². The number of benzene rings is 2. The molecule has 33 heavy (non-hydrogen) atoms. The number of nitriles is 1. The quantitative estimate of drug-likeness (QED) is 0.419. The molecule has 4 rings (SSSR count). The number of para-hydroxylation sites is 1. The normalized spacial score (nSPS) is 11.4. The number of nitrogens with one attached hydrogen (secondary N) is 2. The minimum absolute atomic E-state index is 0.172. The zero-order chi connectivity index (χ0) is 23.4. The maximum Gasteiger partial charge on any atom is 0.257 e. The molecule has 2 heterocycles. The molecule has 0 saturated heterocycles. The Hall–Kier alpha value is -4.84. The van der Waals surface area contributed by atoms with Crippen LogP contribution in [0.15, 0.2) is 67.1 Å². The van der Waals surface area contributed by atoms with Crippen molar-refractivity contribution in [3.63, 3.8) is 0 Å². The number of hydrogen-bond donors (Lipinski definition) is 3. The monoisotopic (exact) mass is 437 g/mol. The number of carbonyl (C=O) groups excluding carboxylic acids is 2. The van der Waals surface area contributed by atoms with Gasteiger partial charge >= 0.3 is 0 Å². The fraction of sp³-hybridized carbons (Fsp3) is 0.0833. The summed E-state index contributed by atoms with van der Waals surface area (Å²) in [5.41, 5.74) is 8.38. The molecular weight excluding hydrogens is 418 g/mol. The summed E-state index contributed by atoms with van der Waals surface area (Å²) in [4.78, 5) is 36.7. The van der Waals surface area contributed by atoms with E-state index in [-0.39, 0.29) is 17.6 Å². The third-order valence-corrected chi connectivity index (χ3v) is 5.07. The van der Waals surface area contributed by atoms with Crippen molar-refractivity contribution in [2.24, 2.45) is 5.73 Å². The Morgan fingerprint density at radius 2 is 1.88 bits per heavy atom. The van der Waals surface area contributed by atoms with E-state index >= 15 is 0 Å². The van der Waals surface area contributed by atoms with E-state index in [1.165, 1.54) is 18.6 Å². The second-order valence-electron chi connectivity index (χ2n) is 7.28. The molecule has 0 radical (unpaired) electrons. The molecule has 0 spiro atoms. The van der Waals surface area contributed by atoms with Gasteiger partial charge in [-0.25, -0.2) is 15.0 Å². The lowest BCUT2D eigenvalue weighted by Gasteiger charge is -2.17. The molecular formula is C24H19N7O2. The zero-order valence-electron chi connectivity index (χ0n) is 17.6. The van der Waals surface area contributed by atoms with Crippen molar-refractivity contribution in [2.75, 3.05) is 10.6 Å². The van der Waals surface area contributed by atoms with Gasteiger partial charge in [-0.05, 0) is 48.9 Å². The van der Waals surface area contributed by atoms with E-state index in [2.05, 4.69) is 25.6 Å². The second kappa shape index (κ2) is 9.11. The lowest BCUT2D eigenvalue weighted by Crippen LogP contribution is -2.14. The van der Waals surface area contributed by atoms with Crippen LogP contribution in [0.3, 0.4) is 0 Å². The number of fused-ring (bicyclic) bond motifs is 1. The van der Waals surface area contributed by atoms with Gasteiger partial charge in [-0.2, -0.15) is 5.26 Å². The van der Waals surface area contributed by atoms with E-state index in [9.17, 15) is 9.59 Å². The summed E-state index contributed by atoms with van der Waals surface area (Å²) in [5, 5.41) is 15.7. The first-order valence-corrected chi connectivity index (χ1v) is 10.0. The predicted molar refractivity (Wildman–Crippen MR) is 123 cm³/mol. The van der Waals surface area contributed by atoms with E-state index < -0.39 is 5.91 Å². The average molecular weight is 437 g/mol. The van der Waals surface area contributed by atoms with E-state index in [0.29, 0.717) is 33.5 Å². The largest absolute Gasteiger partial charge is 0.366 e. The fourth-order valence-electron chi connectivity index (χ4n) is 3.37. The molecule has 1 atom stereocenters. The molecule has 0 bridgehead atoms. The van der Waals surface area contributed by atoms with Gasteiger partial charge in [0.2, 0.25) is 0 Å². The van der Waals surface area contributed by atoms with E-state index in [0.717, 1.165) is 5.56 Å². The van der Waals surface area contributed by atoms with Gasteiger partial charge in [0.25, 0.3) is 11.8 Å². The average Bonchev–Trinajstić information content (AvgIpc) is 2.84. The van der Waals surface area contributed by atoms with Crippen molar-refractivity contribution < 1.29 is 9.59 Å².